The summed E-state index contributed by atoms with van der Waals surface area (Å²) >= 11 is 12.5. The Morgan fingerprint density at radius 2 is 1.77 bits per heavy atom. The molecule has 1 aliphatic heterocycles. The standard InChI is InChI=1S/C25H32Cl2N2O2/c1-2-6-20(17-24(30)28-22-11-9-21(26)10-12-22)25(31)13-15-29(16-14-25)18-23(27)19-7-4-3-5-8-19/h3-5,7-12,20,23,31H,2,6,13-18H2,1H3,(H,28,30). The number of halogens is 2. The van der Waals surface area contributed by atoms with Gasteiger partial charge in [0.1, 0.15) is 0 Å². The van der Waals surface area contributed by atoms with Crippen molar-refractivity contribution >= 4 is 34.8 Å². The lowest BCUT2D eigenvalue weighted by molar-refractivity contribution is -0.122. The SMILES string of the molecule is CCCC(CC(=O)Nc1ccc(Cl)cc1)C1(O)CCN(CC(Cl)c2ccccc2)CC1. The quantitative estimate of drug-likeness (QED) is 0.456. The van der Waals surface area contributed by atoms with Crippen LogP contribution in [0.2, 0.25) is 5.02 Å². The maximum Gasteiger partial charge on any atom is 0.224 e. The van der Waals surface area contributed by atoms with Crippen LogP contribution in [-0.2, 0) is 4.79 Å². The largest absolute Gasteiger partial charge is 0.389 e. The molecule has 2 unspecified atom stereocenters. The Hall–Kier alpha value is -1.59. The van der Waals surface area contributed by atoms with Gasteiger partial charge >= 0.3 is 0 Å². The average Bonchev–Trinajstić information content (AvgIpc) is 2.77. The van der Waals surface area contributed by atoms with Crippen LogP contribution in [0.25, 0.3) is 0 Å². The van der Waals surface area contributed by atoms with Crippen LogP contribution in [0.3, 0.4) is 0 Å². The molecule has 168 valence electrons. The van der Waals surface area contributed by atoms with Crippen molar-refractivity contribution in [2.45, 2.75) is 50.0 Å². The molecule has 4 nitrogen and oxygen atoms in total. The zero-order valence-corrected chi connectivity index (χ0v) is 19.6. The third-order valence-corrected chi connectivity index (χ3v) is 6.90. The van der Waals surface area contributed by atoms with E-state index in [1.165, 1.54) is 0 Å². The molecule has 6 heteroatoms. The summed E-state index contributed by atoms with van der Waals surface area (Å²) in [6, 6.07) is 17.2. The molecule has 31 heavy (non-hydrogen) atoms. The van der Waals surface area contributed by atoms with Gasteiger partial charge in [-0.15, -0.1) is 11.6 Å². The van der Waals surface area contributed by atoms with Crippen LogP contribution in [0.15, 0.2) is 54.6 Å². The fraction of sp³-hybridized carbons (Fsp3) is 0.480. The van der Waals surface area contributed by atoms with Crippen LogP contribution in [-0.4, -0.2) is 41.1 Å². The van der Waals surface area contributed by atoms with Crippen LogP contribution < -0.4 is 5.32 Å². The summed E-state index contributed by atoms with van der Waals surface area (Å²) in [5, 5.41) is 14.9. The molecule has 1 aliphatic rings. The van der Waals surface area contributed by atoms with E-state index in [4.69, 9.17) is 23.2 Å². The van der Waals surface area contributed by atoms with Crippen molar-refractivity contribution in [3.8, 4) is 0 Å². The molecule has 0 saturated carbocycles. The topological polar surface area (TPSA) is 52.6 Å². The first kappa shape index (κ1) is 24.1. The van der Waals surface area contributed by atoms with Gasteiger partial charge in [0, 0.05) is 36.8 Å². The van der Waals surface area contributed by atoms with Gasteiger partial charge in [0.05, 0.1) is 11.0 Å². The Kier molecular flexibility index (Phi) is 8.79. The van der Waals surface area contributed by atoms with Crippen molar-refractivity contribution in [1.82, 2.24) is 4.90 Å². The van der Waals surface area contributed by atoms with E-state index in [0.717, 1.165) is 43.7 Å². The molecule has 1 saturated heterocycles. The summed E-state index contributed by atoms with van der Waals surface area (Å²) in [6.45, 7) is 4.43. The molecular formula is C25H32Cl2N2O2. The first-order valence-corrected chi connectivity index (χ1v) is 11.9. The minimum absolute atomic E-state index is 0.0622. The van der Waals surface area contributed by atoms with Gasteiger partial charge < -0.3 is 15.3 Å². The zero-order valence-electron chi connectivity index (χ0n) is 18.1. The highest BCUT2D eigenvalue weighted by Gasteiger charge is 2.40. The maximum absolute atomic E-state index is 12.7. The van der Waals surface area contributed by atoms with Crippen molar-refractivity contribution in [1.29, 1.82) is 0 Å². The van der Waals surface area contributed by atoms with E-state index in [0.29, 0.717) is 24.3 Å². The Bertz CT molecular complexity index is 821. The molecule has 3 rings (SSSR count). The number of benzene rings is 2. The molecule has 0 aromatic heterocycles. The molecular weight excluding hydrogens is 431 g/mol. The molecule has 1 amide bonds. The molecule has 0 aliphatic carbocycles. The summed E-state index contributed by atoms with van der Waals surface area (Å²) in [7, 11) is 0. The van der Waals surface area contributed by atoms with E-state index in [2.05, 4.69) is 29.3 Å². The highest BCUT2D eigenvalue weighted by molar-refractivity contribution is 6.30. The summed E-state index contributed by atoms with van der Waals surface area (Å²) < 4.78 is 0. The number of aliphatic hydroxyl groups is 1. The normalized spacial score (nSPS) is 18.3. The maximum atomic E-state index is 12.7. The highest BCUT2D eigenvalue weighted by Crippen LogP contribution is 2.36. The van der Waals surface area contributed by atoms with Gasteiger partial charge in [-0.1, -0.05) is 55.3 Å². The molecule has 0 spiro atoms. The number of hydrogen-bond donors (Lipinski definition) is 2. The van der Waals surface area contributed by atoms with E-state index >= 15 is 0 Å². The fourth-order valence-electron chi connectivity index (χ4n) is 4.40. The van der Waals surface area contributed by atoms with Crippen molar-refractivity contribution in [2.75, 3.05) is 25.0 Å². The Morgan fingerprint density at radius 1 is 1.13 bits per heavy atom. The van der Waals surface area contributed by atoms with Gasteiger partial charge in [-0.2, -0.15) is 0 Å². The van der Waals surface area contributed by atoms with Crippen LogP contribution in [0.1, 0.15) is 50.0 Å². The number of likely N-dealkylation sites (tertiary alicyclic amines) is 1. The fourth-order valence-corrected chi connectivity index (χ4v) is 4.87. The number of hydrogen-bond acceptors (Lipinski definition) is 3. The van der Waals surface area contributed by atoms with Crippen LogP contribution in [0, 0.1) is 5.92 Å². The zero-order chi connectivity index (χ0) is 22.3. The van der Waals surface area contributed by atoms with Crippen LogP contribution in [0.5, 0.6) is 0 Å². The highest BCUT2D eigenvalue weighted by atomic mass is 35.5. The monoisotopic (exact) mass is 462 g/mol. The Labute approximate surface area is 195 Å². The number of anilines is 1. The molecule has 2 N–H and O–H groups in total. The first-order chi connectivity index (χ1) is 14.9. The van der Waals surface area contributed by atoms with E-state index in [-0.39, 0.29) is 17.2 Å². The predicted molar refractivity (Wildman–Crippen MR) is 129 cm³/mol. The molecule has 2 aromatic carbocycles. The number of rotatable bonds is 9. The lowest BCUT2D eigenvalue weighted by atomic mass is 9.75. The molecule has 1 fully saturated rings. The number of piperidine rings is 1. The number of carbonyl (C=O) groups excluding carboxylic acids is 1. The summed E-state index contributed by atoms with van der Waals surface area (Å²) in [5.74, 6) is -0.130. The average molecular weight is 463 g/mol. The molecule has 2 atom stereocenters. The third kappa shape index (κ3) is 6.95. The Morgan fingerprint density at radius 3 is 2.39 bits per heavy atom. The summed E-state index contributed by atoms with van der Waals surface area (Å²) in [5.41, 5.74) is 1.02. The second kappa shape index (κ2) is 11.3. The number of alkyl halides is 1. The van der Waals surface area contributed by atoms with Gasteiger partial charge in [0.15, 0.2) is 0 Å². The second-order valence-corrected chi connectivity index (χ2v) is 9.49. The van der Waals surface area contributed by atoms with E-state index < -0.39 is 5.60 Å². The molecule has 1 heterocycles. The van der Waals surface area contributed by atoms with Crippen molar-refractivity contribution in [3.05, 3.63) is 65.2 Å². The smallest absolute Gasteiger partial charge is 0.224 e. The lowest BCUT2D eigenvalue weighted by Gasteiger charge is -2.43. The van der Waals surface area contributed by atoms with Gasteiger partial charge in [0.2, 0.25) is 5.91 Å². The van der Waals surface area contributed by atoms with Crippen molar-refractivity contribution < 1.29 is 9.90 Å². The second-order valence-electron chi connectivity index (χ2n) is 8.53. The lowest BCUT2D eigenvalue weighted by Crippen LogP contribution is -2.50. The first-order valence-electron chi connectivity index (χ1n) is 11.1. The minimum Gasteiger partial charge on any atom is -0.389 e. The van der Waals surface area contributed by atoms with Crippen LogP contribution in [0.4, 0.5) is 5.69 Å². The number of amides is 1. The molecule has 0 bridgehead atoms. The summed E-state index contributed by atoms with van der Waals surface area (Å²) in [6.07, 6.45) is 3.39. The molecule has 0 radical (unpaired) electrons. The summed E-state index contributed by atoms with van der Waals surface area (Å²) in [4.78, 5) is 15.0. The van der Waals surface area contributed by atoms with Crippen molar-refractivity contribution in [2.24, 2.45) is 5.92 Å². The number of carbonyl (C=O) groups is 1. The van der Waals surface area contributed by atoms with Gasteiger partial charge in [-0.3, -0.25) is 4.79 Å². The predicted octanol–water partition coefficient (Wildman–Crippen LogP) is 5.89. The van der Waals surface area contributed by atoms with E-state index in [9.17, 15) is 9.90 Å². The number of nitrogens with zero attached hydrogens (tertiary/aromatic N) is 1. The number of nitrogens with one attached hydrogen (secondary N) is 1. The Balaban J connectivity index is 1.54. The van der Waals surface area contributed by atoms with Gasteiger partial charge in [-0.25, -0.2) is 0 Å². The van der Waals surface area contributed by atoms with Crippen LogP contribution >= 0.6 is 23.2 Å². The van der Waals surface area contributed by atoms with E-state index in [1.807, 2.05) is 18.2 Å². The van der Waals surface area contributed by atoms with E-state index in [1.54, 1.807) is 24.3 Å². The van der Waals surface area contributed by atoms with Gasteiger partial charge in [0.25, 0.3) is 0 Å². The molecule has 2 aromatic rings. The minimum atomic E-state index is -0.821. The van der Waals surface area contributed by atoms with Gasteiger partial charge in [-0.05, 0) is 55.0 Å². The van der Waals surface area contributed by atoms with Crippen molar-refractivity contribution in [3.63, 3.8) is 0 Å². The third-order valence-electron chi connectivity index (χ3n) is 6.26.